The number of ketones is 1. The molecule has 0 amide bonds. The summed E-state index contributed by atoms with van der Waals surface area (Å²) in [5, 5.41) is 10.5. The van der Waals surface area contributed by atoms with Crippen molar-refractivity contribution in [2.45, 2.75) is 17.3 Å². The first-order valence-electron chi connectivity index (χ1n) is 11.7. The lowest BCUT2D eigenvalue weighted by atomic mass is 9.63. The van der Waals surface area contributed by atoms with Gasteiger partial charge in [0, 0.05) is 0 Å². The fourth-order valence-corrected chi connectivity index (χ4v) is 6.37. The Morgan fingerprint density at radius 3 is 1.56 bits per heavy atom. The summed E-state index contributed by atoms with van der Waals surface area (Å²) in [6, 6.07) is 43.0. The van der Waals surface area contributed by atoms with Gasteiger partial charge >= 0.3 is 0 Å². The Balaban J connectivity index is 1.82. The summed E-state index contributed by atoms with van der Waals surface area (Å²) >= 11 is 0. The van der Waals surface area contributed by atoms with Crippen LogP contribution in [-0.4, -0.2) is 5.78 Å². The molecule has 2 aliphatic rings. The Morgan fingerprint density at radius 2 is 1.06 bits per heavy atom. The quantitative estimate of drug-likeness (QED) is 0.361. The van der Waals surface area contributed by atoms with E-state index in [0.717, 1.165) is 33.4 Å². The topological polar surface area (TPSA) is 40.9 Å². The van der Waals surface area contributed by atoms with Crippen molar-refractivity contribution in [1.82, 2.24) is 0 Å². The van der Waals surface area contributed by atoms with Gasteiger partial charge in [-0.05, 0) is 39.8 Å². The Labute approximate surface area is 199 Å². The molecule has 2 heteroatoms. The van der Waals surface area contributed by atoms with Crippen molar-refractivity contribution in [3.05, 3.63) is 144 Å². The van der Waals surface area contributed by atoms with E-state index in [9.17, 15) is 10.1 Å². The standard InChI is InChI=1S/C32H23NO/c33-22-27-21-31(25-17-9-3-10-18-25)28(23-13-5-1-6-14-23)29(24-15-7-2-8-16-24)32(27,30(31)34)26-19-11-4-12-20-26/h1-20,27H,21H2/t27-,31+,32+/m0/s1. The Kier molecular flexibility index (Phi) is 4.61. The van der Waals surface area contributed by atoms with Crippen LogP contribution < -0.4 is 0 Å². The fourth-order valence-electron chi connectivity index (χ4n) is 6.37. The molecule has 1 saturated carbocycles. The number of rotatable bonds is 4. The number of Topliss-reactive ketones (excluding diaryl/α,β-unsaturated/α-hetero) is 1. The lowest BCUT2D eigenvalue weighted by molar-refractivity contribution is -0.123. The van der Waals surface area contributed by atoms with Crippen LogP contribution in [0.15, 0.2) is 121 Å². The number of hydrogen-bond acceptors (Lipinski definition) is 2. The summed E-state index contributed by atoms with van der Waals surface area (Å²) in [5.41, 5.74) is 3.98. The summed E-state index contributed by atoms with van der Waals surface area (Å²) in [4.78, 5) is 15.0. The molecule has 162 valence electrons. The smallest absolute Gasteiger partial charge is 0.164 e. The van der Waals surface area contributed by atoms with E-state index in [2.05, 4.69) is 30.3 Å². The summed E-state index contributed by atoms with van der Waals surface area (Å²) in [6.07, 6.45) is 0.474. The molecule has 0 aliphatic heterocycles. The van der Waals surface area contributed by atoms with Gasteiger partial charge in [0.15, 0.2) is 5.78 Å². The maximum atomic E-state index is 15.0. The molecule has 0 unspecified atom stereocenters. The van der Waals surface area contributed by atoms with Crippen LogP contribution in [0.2, 0.25) is 0 Å². The second kappa shape index (κ2) is 7.68. The molecule has 3 atom stereocenters. The highest BCUT2D eigenvalue weighted by Crippen LogP contribution is 2.70. The second-order valence-corrected chi connectivity index (χ2v) is 9.14. The molecule has 0 N–H and O–H groups in total. The fraction of sp³-hybridized carbons (Fsp3) is 0.125. The van der Waals surface area contributed by atoms with Crippen LogP contribution in [0.1, 0.15) is 28.7 Å². The molecule has 0 aromatic heterocycles. The van der Waals surface area contributed by atoms with Crippen molar-refractivity contribution >= 4 is 16.9 Å². The van der Waals surface area contributed by atoms with Gasteiger partial charge in [0.25, 0.3) is 0 Å². The SMILES string of the molecule is N#C[C@@H]1C[C@]2(c3ccccc3)C(=O)[C@@]1(c1ccccc1)C(c1ccccc1)=C2c1ccccc1. The summed E-state index contributed by atoms with van der Waals surface area (Å²) in [5.74, 6) is -0.355. The summed E-state index contributed by atoms with van der Waals surface area (Å²) in [6.45, 7) is 0. The largest absolute Gasteiger partial charge is 0.297 e. The van der Waals surface area contributed by atoms with E-state index in [4.69, 9.17) is 0 Å². The molecule has 4 aromatic carbocycles. The Hall–Kier alpha value is -4.22. The van der Waals surface area contributed by atoms with Crippen molar-refractivity contribution < 1.29 is 4.79 Å². The monoisotopic (exact) mass is 437 g/mol. The van der Waals surface area contributed by atoms with Crippen LogP contribution in [0, 0.1) is 17.2 Å². The van der Waals surface area contributed by atoms with Crippen LogP contribution in [0.5, 0.6) is 0 Å². The number of carbonyl (C=O) groups excluding carboxylic acids is 1. The zero-order chi connectivity index (χ0) is 23.2. The zero-order valence-electron chi connectivity index (χ0n) is 18.7. The third-order valence-electron chi connectivity index (χ3n) is 7.63. The molecular weight excluding hydrogens is 414 g/mol. The highest BCUT2D eigenvalue weighted by molar-refractivity contribution is 6.29. The molecule has 0 radical (unpaired) electrons. The van der Waals surface area contributed by atoms with Gasteiger partial charge in [0.2, 0.25) is 0 Å². The molecule has 0 spiro atoms. The van der Waals surface area contributed by atoms with Gasteiger partial charge in [-0.2, -0.15) is 5.26 Å². The van der Waals surface area contributed by atoms with Crippen molar-refractivity contribution in [3.8, 4) is 6.07 Å². The second-order valence-electron chi connectivity index (χ2n) is 9.14. The molecule has 0 saturated heterocycles. The Morgan fingerprint density at radius 1 is 0.618 bits per heavy atom. The number of fused-ring (bicyclic) bond motifs is 2. The lowest BCUT2D eigenvalue weighted by Gasteiger charge is -2.36. The van der Waals surface area contributed by atoms with Gasteiger partial charge in [-0.25, -0.2) is 0 Å². The maximum absolute atomic E-state index is 15.0. The van der Waals surface area contributed by atoms with Crippen LogP contribution in [0.4, 0.5) is 0 Å². The van der Waals surface area contributed by atoms with Gasteiger partial charge in [-0.3, -0.25) is 4.79 Å². The zero-order valence-corrected chi connectivity index (χ0v) is 18.7. The summed E-state index contributed by atoms with van der Waals surface area (Å²) in [7, 11) is 0. The number of benzene rings is 4. The highest BCUT2D eigenvalue weighted by Gasteiger charge is 2.72. The minimum Gasteiger partial charge on any atom is -0.297 e. The third kappa shape index (κ3) is 2.53. The van der Waals surface area contributed by atoms with Gasteiger partial charge < -0.3 is 0 Å². The van der Waals surface area contributed by atoms with E-state index in [0.29, 0.717) is 6.42 Å². The molecule has 1 fully saturated rings. The first-order chi connectivity index (χ1) is 16.7. The number of carbonyl (C=O) groups is 1. The van der Waals surface area contributed by atoms with Crippen LogP contribution in [0.3, 0.4) is 0 Å². The molecule has 34 heavy (non-hydrogen) atoms. The molecule has 0 heterocycles. The van der Waals surface area contributed by atoms with Crippen molar-refractivity contribution in [3.63, 3.8) is 0 Å². The molecule has 2 bridgehead atoms. The number of nitrogens with zero attached hydrogens (tertiary/aromatic N) is 1. The molecule has 6 rings (SSSR count). The molecule has 2 nitrogen and oxygen atoms in total. The van der Waals surface area contributed by atoms with Crippen LogP contribution >= 0.6 is 0 Å². The van der Waals surface area contributed by atoms with Gasteiger partial charge in [-0.15, -0.1) is 0 Å². The third-order valence-corrected chi connectivity index (χ3v) is 7.63. The first kappa shape index (κ1) is 20.4. The normalized spacial score (nSPS) is 25.4. The predicted octanol–water partition coefficient (Wildman–Crippen LogP) is 6.60. The Bertz CT molecular complexity index is 1430. The minimum atomic E-state index is -1.03. The lowest BCUT2D eigenvalue weighted by Crippen LogP contribution is -2.38. The predicted molar refractivity (Wildman–Crippen MR) is 135 cm³/mol. The van der Waals surface area contributed by atoms with Gasteiger partial charge in [0.1, 0.15) is 0 Å². The van der Waals surface area contributed by atoms with Crippen molar-refractivity contribution in [1.29, 1.82) is 5.26 Å². The van der Waals surface area contributed by atoms with E-state index in [-0.39, 0.29) is 5.78 Å². The minimum absolute atomic E-state index is 0.113. The van der Waals surface area contributed by atoms with Crippen LogP contribution in [0.25, 0.3) is 11.1 Å². The number of hydrogen-bond donors (Lipinski definition) is 0. The van der Waals surface area contributed by atoms with Gasteiger partial charge in [-0.1, -0.05) is 121 Å². The van der Waals surface area contributed by atoms with Crippen LogP contribution in [-0.2, 0) is 15.6 Å². The van der Waals surface area contributed by atoms with E-state index in [1.165, 1.54) is 0 Å². The van der Waals surface area contributed by atoms with Crippen molar-refractivity contribution in [2.75, 3.05) is 0 Å². The van der Waals surface area contributed by atoms with E-state index < -0.39 is 16.7 Å². The average molecular weight is 438 g/mol. The van der Waals surface area contributed by atoms with Crippen molar-refractivity contribution in [2.24, 2.45) is 5.92 Å². The molecule has 4 aromatic rings. The first-order valence-corrected chi connectivity index (χ1v) is 11.7. The van der Waals surface area contributed by atoms with E-state index in [1.807, 2.05) is 97.1 Å². The maximum Gasteiger partial charge on any atom is 0.164 e. The van der Waals surface area contributed by atoms with E-state index >= 15 is 0 Å². The van der Waals surface area contributed by atoms with Gasteiger partial charge in [0.05, 0.1) is 22.8 Å². The molecular formula is C32H23NO. The average Bonchev–Trinajstić information content (AvgIpc) is 3.32. The number of allylic oxidation sites excluding steroid dienone is 2. The molecule has 2 aliphatic carbocycles. The number of nitriles is 1. The van der Waals surface area contributed by atoms with E-state index in [1.54, 1.807) is 0 Å². The summed E-state index contributed by atoms with van der Waals surface area (Å²) < 4.78 is 0. The highest BCUT2D eigenvalue weighted by atomic mass is 16.1.